The highest BCUT2D eigenvalue weighted by Gasteiger charge is 2.50. The summed E-state index contributed by atoms with van der Waals surface area (Å²) in [6.45, 7) is -0.571. The second-order valence-electron chi connectivity index (χ2n) is 32.4. The molecule has 120 heavy (non-hydrogen) atoms. The maximum Gasteiger partial charge on any atom is 0.252 e. The van der Waals surface area contributed by atoms with Crippen LogP contribution in [0.1, 0.15) is 0 Å². The molecule has 0 atom stereocenters. The van der Waals surface area contributed by atoms with Crippen molar-refractivity contribution in [2.75, 3.05) is 19.6 Å². The Balaban J connectivity index is 0.843. The fraction of sp³-hybridized carbons (Fsp3) is 0. The first-order valence-corrected chi connectivity index (χ1v) is 41.8. The predicted octanol–water partition coefficient (Wildman–Crippen LogP) is 26.8. The predicted molar refractivity (Wildman–Crippen MR) is 512 cm³/mol. The molecule has 4 aliphatic heterocycles. The van der Waals surface area contributed by atoms with Crippen LogP contribution in [0.5, 0.6) is 0 Å². The van der Waals surface area contributed by atoms with Crippen LogP contribution in [0.4, 0.5) is 68.2 Å². The molecule has 4 aliphatic rings. The maximum atomic E-state index is 2.73. The standard InChI is InChI=1S/C114H72B2N4/c1-7-33-73(34-8-1)79-65-107-111-108(66-79)118(82-62-64-96-92-50-22-20-46-88(92)90-48-24-26-52-94(90)98(96)70-82)105-72-106-102(71-101(105)115(111)99-57-27-29-59-103(99)117(107)81-61-63-95-91-49-21-19-45-87(91)89-47-23-25-51-93(89)97(95)69-81)116-100-58-28-30-60-104(100)119(113-83(75-37-11-3-12-38-75)53-31-54-84(113)76-39-13-4-14-40-76)109-67-80(74-35-9-2-10-36-74)68-110(112(109)116)120(106)114-85(77-41-15-5-16-42-77)55-32-56-86(114)78-43-17-6-18-44-78/h1-72H. The van der Waals surface area contributed by atoms with Gasteiger partial charge in [0.1, 0.15) is 0 Å². The molecule has 554 valence electrons. The Hall–Kier alpha value is -15.5. The van der Waals surface area contributed by atoms with E-state index in [0.29, 0.717) is 0 Å². The first-order chi connectivity index (χ1) is 59.6. The molecule has 0 spiro atoms. The first-order valence-electron chi connectivity index (χ1n) is 41.8. The van der Waals surface area contributed by atoms with Crippen molar-refractivity contribution < 1.29 is 0 Å². The summed E-state index contributed by atoms with van der Waals surface area (Å²) in [4.78, 5) is 10.7. The van der Waals surface area contributed by atoms with Crippen LogP contribution in [-0.2, 0) is 0 Å². The lowest BCUT2D eigenvalue weighted by Gasteiger charge is -2.48. The minimum Gasteiger partial charge on any atom is -0.311 e. The van der Waals surface area contributed by atoms with Gasteiger partial charge in [0.2, 0.25) is 0 Å². The van der Waals surface area contributed by atoms with Gasteiger partial charge >= 0.3 is 0 Å². The van der Waals surface area contributed by atoms with Crippen LogP contribution in [0.2, 0.25) is 0 Å². The number of para-hydroxylation sites is 4. The molecule has 0 fully saturated rings. The summed E-state index contributed by atoms with van der Waals surface area (Å²) in [7, 11) is 0. The highest BCUT2D eigenvalue weighted by Crippen LogP contribution is 2.57. The topological polar surface area (TPSA) is 13.0 Å². The lowest BCUT2D eigenvalue weighted by atomic mass is 9.30. The van der Waals surface area contributed by atoms with Crippen molar-refractivity contribution in [3.05, 3.63) is 437 Å². The third-order valence-electron chi connectivity index (χ3n) is 26.1. The summed E-state index contributed by atoms with van der Waals surface area (Å²) in [5.41, 5.74) is 34.3. The average Bonchev–Trinajstić information content (AvgIpc) is 0.674. The fourth-order valence-corrected chi connectivity index (χ4v) is 21.1. The Labute approximate surface area is 697 Å². The molecule has 4 heterocycles. The Morgan fingerprint density at radius 2 is 0.400 bits per heavy atom. The van der Waals surface area contributed by atoms with E-state index in [0.717, 1.165) is 135 Å². The number of hydrogen-bond donors (Lipinski definition) is 0. The molecule has 21 aromatic rings. The molecule has 21 aromatic carbocycles. The third-order valence-corrected chi connectivity index (χ3v) is 26.1. The molecule has 4 nitrogen and oxygen atoms in total. The second-order valence-corrected chi connectivity index (χ2v) is 32.4. The van der Waals surface area contributed by atoms with E-state index in [2.05, 4.69) is 456 Å². The SMILES string of the molecule is c1ccc(-c2cc3c4c(c2)N(c2ccc5c6ccccc6c6ccccc6c5c2)c2cc5c(cc2B4c2ccccc2N3c2ccc3c4ccccc4c4ccccc4c3c2)B2c3ccccc3N(c3c(-c4ccccc4)cccc3-c3ccccc3)c3cc(-c4ccccc4)cc(c32)N5c2c(-c3ccccc3)cccc2-c2ccccc2)cc1. The Bertz CT molecular complexity index is 7630. The van der Waals surface area contributed by atoms with Crippen LogP contribution in [0.3, 0.4) is 0 Å². The molecule has 0 aliphatic carbocycles. The molecular formula is C114H72B2N4. The van der Waals surface area contributed by atoms with Crippen LogP contribution < -0.4 is 52.4 Å². The van der Waals surface area contributed by atoms with Crippen LogP contribution in [-0.4, -0.2) is 13.4 Å². The zero-order valence-corrected chi connectivity index (χ0v) is 65.5. The molecule has 25 rings (SSSR count). The number of nitrogens with zero attached hydrogens (tertiary/aromatic N) is 4. The minimum atomic E-state index is -0.300. The summed E-state index contributed by atoms with van der Waals surface area (Å²) < 4.78 is 0. The third kappa shape index (κ3) is 10.3. The lowest BCUT2D eigenvalue weighted by Crippen LogP contribution is -2.65. The number of benzene rings is 21. The normalized spacial score (nSPS) is 12.9. The van der Waals surface area contributed by atoms with Crippen molar-refractivity contribution in [1.82, 2.24) is 0 Å². The zero-order chi connectivity index (χ0) is 78.6. The van der Waals surface area contributed by atoms with Crippen molar-refractivity contribution in [3.8, 4) is 66.8 Å². The molecule has 0 bridgehead atoms. The van der Waals surface area contributed by atoms with Crippen LogP contribution in [0.25, 0.3) is 131 Å². The second kappa shape index (κ2) is 27.1. The quantitative estimate of drug-likeness (QED) is 0.0999. The maximum absolute atomic E-state index is 2.73. The molecule has 0 N–H and O–H groups in total. The van der Waals surface area contributed by atoms with Gasteiger partial charge in [0.15, 0.2) is 0 Å². The number of rotatable bonds is 10. The summed E-state index contributed by atoms with van der Waals surface area (Å²) in [6, 6.07) is 165. The minimum absolute atomic E-state index is 0.271. The van der Waals surface area contributed by atoms with E-state index >= 15 is 0 Å². The molecule has 0 saturated carbocycles. The number of fused-ring (bicyclic) bond motifs is 20. The van der Waals surface area contributed by atoms with Gasteiger partial charge < -0.3 is 19.6 Å². The average molecular weight is 1520 g/mol. The number of hydrogen-bond acceptors (Lipinski definition) is 4. The van der Waals surface area contributed by atoms with E-state index in [4.69, 9.17) is 0 Å². The smallest absolute Gasteiger partial charge is 0.252 e. The first kappa shape index (κ1) is 67.8. The van der Waals surface area contributed by atoms with E-state index in [1.54, 1.807) is 0 Å². The highest BCUT2D eigenvalue weighted by atomic mass is 15.2. The number of anilines is 12. The zero-order valence-electron chi connectivity index (χ0n) is 65.5. The van der Waals surface area contributed by atoms with Gasteiger partial charge in [0, 0.05) is 79.1 Å². The molecule has 0 radical (unpaired) electrons. The van der Waals surface area contributed by atoms with E-state index in [9.17, 15) is 0 Å². The van der Waals surface area contributed by atoms with Crippen LogP contribution in [0, 0.1) is 0 Å². The van der Waals surface area contributed by atoms with E-state index in [1.165, 1.54) is 97.4 Å². The highest BCUT2D eigenvalue weighted by molar-refractivity contribution is 7.03. The van der Waals surface area contributed by atoms with Gasteiger partial charge in [-0.1, -0.05) is 370 Å². The van der Waals surface area contributed by atoms with E-state index in [-0.39, 0.29) is 13.4 Å². The largest absolute Gasteiger partial charge is 0.311 e. The Morgan fingerprint density at radius 3 is 0.750 bits per heavy atom. The van der Waals surface area contributed by atoms with Gasteiger partial charge in [0.05, 0.1) is 11.4 Å². The fourth-order valence-electron chi connectivity index (χ4n) is 21.1. The monoisotopic (exact) mass is 1520 g/mol. The molecular weight excluding hydrogens is 1450 g/mol. The van der Waals surface area contributed by atoms with Crippen molar-refractivity contribution in [1.29, 1.82) is 0 Å². The van der Waals surface area contributed by atoms with Gasteiger partial charge in [0.25, 0.3) is 13.4 Å². The molecule has 0 aromatic heterocycles. The molecule has 6 heteroatoms. The summed E-state index contributed by atoms with van der Waals surface area (Å²) >= 11 is 0. The van der Waals surface area contributed by atoms with Crippen molar-refractivity contribution in [3.63, 3.8) is 0 Å². The van der Waals surface area contributed by atoms with Gasteiger partial charge in [-0.15, -0.1) is 0 Å². The van der Waals surface area contributed by atoms with Gasteiger partial charge in [-0.05, 0) is 209 Å². The van der Waals surface area contributed by atoms with Crippen molar-refractivity contribution >= 4 is 179 Å². The van der Waals surface area contributed by atoms with E-state index < -0.39 is 0 Å². The molecule has 0 unspecified atom stereocenters. The van der Waals surface area contributed by atoms with Gasteiger partial charge in [-0.2, -0.15) is 0 Å². The van der Waals surface area contributed by atoms with Crippen molar-refractivity contribution in [2.45, 2.75) is 0 Å². The van der Waals surface area contributed by atoms with Gasteiger partial charge in [-0.25, -0.2) is 0 Å². The summed E-state index contributed by atoms with van der Waals surface area (Å²) in [5.74, 6) is 0. The van der Waals surface area contributed by atoms with Crippen LogP contribution in [0.15, 0.2) is 437 Å². The summed E-state index contributed by atoms with van der Waals surface area (Å²) in [6.07, 6.45) is 0. The Kier molecular flexibility index (Phi) is 15.3. The molecule has 0 amide bonds. The van der Waals surface area contributed by atoms with Gasteiger partial charge in [-0.3, -0.25) is 0 Å². The molecule has 0 saturated heterocycles. The van der Waals surface area contributed by atoms with Crippen molar-refractivity contribution in [2.24, 2.45) is 0 Å². The Morgan fingerprint density at radius 1 is 0.142 bits per heavy atom. The van der Waals surface area contributed by atoms with Crippen LogP contribution >= 0.6 is 0 Å². The van der Waals surface area contributed by atoms with E-state index in [1.807, 2.05) is 0 Å². The summed E-state index contributed by atoms with van der Waals surface area (Å²) in [5, 5.41) is 14.8. The lowest BCUT2D eigenvalue weighted by molar-refractivity contribution is 1.24.